The van der Waals surface area contributed by atoms with Gasteiger partial charge in [0.15, 0.2) is 5.01 Å². The van der Waals surface area contributed by atoms with Crippen LogP contribution in [0.4, 0.5) is 0 Å². The van der Waals surface area contributed by atoms with Crippen LogP contribution in [0.2, 0.25) is 5.02 Å². The number of H-pyrrole nitrogens is 1. The summed E-state index contributed by atoms with van der Waals surface area (Å²) in [6, 6.07) is 5.82. The van der Waals surface area contributed by atoms with Crippen molar-refractivity contribution in [2.45, 2.75) is 50.4 Å². The van der Waals surface area contributed by atoms with Crippen LogP contribution in [0.5, 0.6) is 0 Å². The number of amides is 2. The lowest BCUT2D eigenvalue weighted by Crippen LogP contribution is -2.57. The van der Waals surface area contributed by atoms with Crippen molar-refractivity contribution < 1.29 is 18.0 Å². The van der Waals surface area contributed by atoms with E-state index in [0.29, 0.717) is 35.0 Å². The van der Waals surface area contributed by atoms with E-state index in [4.69, 9.17) is 11.6 Å². The molecule has 2 aromatic heterocycles. The third-order valence-electron chi connectivity index (χ3n) is 6.81. The number of fused-ring (bicyclic) bond motifs is 2. The first-order valence-electron chi connectivity index (χ1n) is 12.1. The van der Waals surface area contributed by atoms with Crippen molar-refractivity contribution in [3.63, 3.8) is 0 Å². The van der Waals surface area contributed by atoms with Gasteiger partial charge in [-0.15, -0.1) is 11.3 Å². The summed E-state index contributed by atoms with van der Waals surface area (Å²) in [7, 11) is -1.38. The largest absolute Gasteiger partial charge is 0.351 e. The fourth-order valence-corrected chi connectivity index (χ4v) is 7.13. The van der Waals surface area contributed by atoms with E-state index in [1.165, 1.54) is 11.3 Å². The van der Waals surface area contributed by atoms with E-state index < -0.39 is 16.1 Å². The third-order valence-corrected chi connectivity index (χ3v) is 8.89. The highest BCUT2D eigenvalue weighted by atomic mass is 35.5. The van der Waals surface area contributed by atoms with Gasteiger partial charge in [0, 0.05) is 52.4 Å². The zero-order valence-electron chi connectivity index (χ0n) is 20.5. The Balaban J connectivity index is 1.33. The molecule has 1 saturated carbocycles. The fraction of sp³-hybridized carbons (Fsp3) is 0.458. The first-order valence-corrected chi connectivity index (χ1v) is 15.2. The van der Waals surface area contributed by atoms with Crippen LogP contribution in [-0.2, 0) is 23.0 Å². The summed E-state index contributed by atoms with van der Waals surface area (Å²) in [5.41, 5.74) is 2.10. The van der Waals surface area contributed by atoms with Gasteiger partial charge >= 0.3 is 0 Å². The van der Waals surface area contributed by atoms with Crippen molar-refractivity contribution in [2.24, 2.45) is 0 Å². The number of sulfonamides is 1. The van der Waals surface area contributed by atoms with Gasteiger partial charge in [-0.2, -0.15) is 0 Å². The number of benzene rings is 1. The topological polar surface area (TPSA) is 136 Å². The molecule has 10 nitrogen and oxygen atoms in total. The molecule has 3 atom stereocenters. The lowest BCUT2D eigenvalue weighted by Gasteiger charge is -2.36. The van der Waals surface area contributed by atoms with Crippen LogP contribution in [0.1, 0.15) is 50.1 Å². The first-order chi connectivity index (χ1) is 17.5. The molecule has 13 heteroatoms. The molecule has 0 saturated heterocycles. The van der Waals surface area contributed by atoms with Gasteiger partial charge in [-0.25, -0.2) is 18.1 Å². The predicted octanol–water partition coefficient (Wildman–Crippen LogP) is 2.26. The Morgan fingerprint density at radius 1 is 1.16 bits per heavy atom. The molecule has 1 fully saturated rings. The molecule has 4 N–H and O–H groups in total. The second-order valence-electron chi connectivity index (χ2n) is 9.85. The maximum Gasteiger partial charge on any atom is 0.280 e. The van der Waals surface area contributed by atoms with Gasteiger partial charge in [0.25, 0.3) is 11.8 Å². The molecule has 1 aliphatic heterocycles. The van der Waals surface area contributed by atoms with E-state index in [9.17, 15) is 18.0 Å². The summed E-state index contributed by atoms with van der Waals surface area (Å²) in [6.07, 6.45) is 3.31. The number of hydrogen-bond acceptors (Lipinski definition) is 7. The molecule has 37 heavy (non-hydrogen) atoms. The summed E-state index contributed by atoms with van der Waals surface area (Å²) < 4.78 is 26.3. The third kappa shape index (κ3) is 6.15. The highest BCUT2D eigenvalue weighted by molar-refractivity contribution is 7.88. The Morgan fingerprint density at radius 2 is 1.95 bits per heavy atom. The second-order valence-corrected chi connectivity index (χ2v) is 13.2. The van der Waals surface area contributed by atoms with Crippen molar-refractivity contribution in [2.75, 3.05) is 19.8 Å². The molecule has 2 amide bonds. The minimum absolute atomic E-state index is 0.277. The maximum absolute atomic E-state index is 13.2. The molecule has 198 valence electrons. The van der Waals surface area contributed by atoms with Gasteiger partial charge in [0.2, 0.25) is 10.0 Å². The molecule has 1 aromatic carbocycles. The van der Waals surface area contributed by atoms with Gasteiger partial charge in [-0.05, 0) is 50.6 Å². The summed E-state index contributed by atoms with van der Waals surface area (Å²) in [5.74, 6) is -0.620. The Bertz CT molecular complexity index is 1450. The number of likely N-dealkylation sites (N-methyl/N-ethyl adjacent to an activating group) is 1. The normalized spacial score (nSPS) is 22.5. The number of nitrogens with one attached hydrogen (secondary N) is 4. The maximum atomic E-state index is 13.2. The molecule has 3 unspecified atom stereocenters. The number of aromatic nitrogens is 2. The van der Waals surface area contributed by atoms with Gasteiger partial charge in [0.1, 0.15) is 5.69 Å². The summed E-state index contributed by atoms with van der Waals surface area (Å²) in [4.78, 5) is 37.3. The molecular weight excluding hydrogens is 536 g/mol. The SMILES string of the molecule is CN1CCc2nc(C(=O)NC3CCC(NS(C)(=O)=O)CC3NC(=O)c3cc4cc(Cl)ccc4[nH]3)sc2C1. The summed E-state index contributed by atoms with van der Waals surface area (Å²) in [5, 5.41) is 7.85. The van der Waals surface area contributed by atoms with Gasteiger partial charge < -0.3 is 20.5 Å². The van der Waals surface area contributed by atoms with Crippen molar-refractivity contribution in [1.29, 1.82) is 0 Å². The fourth-order valence-electron chi connectivity index (χ4n) is 5.04. The van der Waals surface area contributed by atoms with Gasteiger partial charge in [0.05, 0.1) is 18.0 Å². The van der Waals surface area contributed by atoms with Crippen LogP contribution in [0.25, 0.3) is 10.9 Å². The van der Waals surface area contributed by atoms with E-state index in [1.807, 2.05) is 7.05 Å². The van der Waals surface area contributed by atoms with Crippen molar-refractivity contribution >= 4 is 55.7 Å². The first kappa shape index (κ1) is 26.1. The second kappa shape index (κ2) is 10.3. The summed E-state index contributed by atoms with van der Waals surface area (Å²) >= 11 is 7.47. The summed E-state index contributed by atoms with van der Waals surface area (Å²) in [6.45, 7) is 1.68. The van der Waals surface area contributed by atoms with Gasteiger partial charge in [-0.3, -0.25) is 9.59 Å². The molecule has 1 aliphatic carbocycles. The van der Waals surface area contributed by atoms with Crippen LogP contribution in [0.15, 0.2) is 24.3 Å². The van der Waals surface area contributed by atoms with Crippen LogP contribution < -0.4 is 15.4 Å². The van der Waals surface area contributed by atoms with E-state index in [1.54, 1.807) is 24.3 Å². The smallest absolute Gasteiger partial charge is 0.280 e. The van der Waals surface area contributed by atoms with E-state index in [2.05, 4.69) is 30.2 Å². The van der Waals surface area contributed by atoms with Crippen LogP contribution in [0.3, 0.4) is 0 Å². The molecule has 0 spiro atoms. The Kier molecular flexibility index (Phi) is 7.29. The quantitative estimate of drug-likeness (QED) is 0.362. The number of halogens is 1. The number of nitrogens with zero attached hydrogens (tertiary/aromatic N) is 2. The minimum atomic E-state index is -3.42. The molecule has 5 rings (SSSR count). The van der Waals surface area contributed by atoms with Crippen molar-refractivity contribution in [1.82, 2.24) is 30.2 Å². The molecule has 0 bridgehead atoms. The van der Waals surface area contributed by atoms with Crippen LogP contribution >= 0.6 is 22.9 Å². The Hall–Kier alpha value is -2.51. The zero-order chi connectivity index (χ0) is 26.3. The van der Waals surface area contributed by atoms with E-state index in [-0.39, 0.29) is 23.9 Å². The van der Waals surface area contributed by atoms with Crippen molar-refractivity contribution in [3.8, 4) is 0 Å². The molecule has 3 heterocycles. The number of carbonyl (C=O) groups is 2. The Morgan fingerprint density at radius 3 is 2.73 bits per heavy atom. The number of rotatable bonds is 6. The minimum Gasteiger partial charge on any atom is -0.351 e. The molecular formula is C24H29ClN6O4S2. The van der Waals surface area contributed by atoms with E-state index >= 15 is 0 Å². The van der Waals surface area contributed by atoms with Crippen molar-refractivity contribution in [3.05, 3.63) is 50.6 Å². The number of thiazole rings is 1. The highest BCUT2D eigenvalue weighted by Crippen LogP contribution is 2.26. The van der Waals surface area contributed by atoms with E-state index in [0.717, 1.165) is 47.2 Å². The number of aromatic amines is 1. The lowest BCUT2D eigenvalue weighted by molar-refractivity contribution is 0.0853. The average Bonchev–Trinajstić information content (AvgIpc) is 3.43. The predicted molar refractivity (Wildman–Crippen MR) is 144 cm³/mol. The molecule has 2 aliphatic rings. The lowest BCUT2D eigenvalue weighted by atomic mass is 9.87. The van der Waals surface area contributed by atoms with Gasteiger partial charge in [-0.1, -0.05) is 11.6 Å². The monoisotopic (exact) mass is 564 g/mol. The van der Waals surface area contributed by atoms with Crippen LogP contribution in [0, 0.1) is 0 Å². The number of hydrogen-bond donors (Lipinski definition) is 4. The highest BCUT2D eigenvalue weighted by Gasteiger charge is 2.35. The molecule has 3 aromatic rings. The molecule has 0 radical (unpaired) electrons. The Labute approximate surface area is 224 Å². The van der Waals surface area contributed by atoms with Crippen LogP contribution in [-0.4, -0.2) is 73.1 Å². The standard InChI is InChI=1S/C24H29ClN6O4S2/c1-31-8-7-18-21(12-31)36-24(29-18)23(33)27-17-6-4-15(30-37(2,34)35)11-19(17)28-22(32)20-10-13-9-14(25)3-5-16(13)26-20/h3,5,9-10,15,17,19,26,30H,4,6-8,11-12H2,1-2H3,(H,27,33)(H,28,32). The zero-order valence-corrected chi connectivity index (χ0v) is 22.9. The average molecular weight is 565 g/mol. The number of carbonyl (C=O) groups excluding carboxylic acids is 2.